The van der Waals surface area contributed by atoms with Gasteiger partial charge in [0.15, 0.2) is 0 Å². The molecule has 2 aliphatic carbocycles. The van der Waals surface area contributed by atoms with E-state index >= 15 is 0 Å². The first-order valence-corrected chi connectivity index (χ1v) is 4.17. The van der Waals surface area contributed by atoms with Gasteiger partial charge in [0.25, 0.3) is 0 Å². The number of hydrogen-bond donors (Lipinski definition) is 0. The molecule has 2 aliphatic rings. The zero-order chi connectivity index (χ0) is 7.26. The normalized spacial score (nSPS) is 18.4. The SMILES string of the molecule is [c]1ccc2c3c1CC=C3CC2. The van der Waals surface area contributed by atoms with E-state index < -0.39 is 0 Å². The molecule has 0 N–H and O–H groups in total. The molecule has 0 amide bonds. The molecule has 1 aromatic rings. The standard InChI is InChI=1S/C11H9/c1-2-8-4-6-10-7-5-9(3-1)11(8)10/h1-2,7H,4-6H2. The lowest BCUT2D eigenvalue weighted by atomic mass is 10.1. The molecule has 3 rings (SSSR count). The quantitative estimate of drug-likeness (QED) is 0.520. The molecule has 0 fully saturated rings. The van der Waals surface area contributed by atoms with E-state index in [4.69, 9.17) is 0 Å². The van der Waals surface area contributed by atoms with Crippen LogP contribution in [0.4, 0.5) is 0 Å². The second-order valence-electron chi connectivity index (χ2n) is 3.29. The lowest BCUT2D eigenvalue weighted by Crippen LogP contribution is -1.85. The number of benzene rings is 1. The maximum Gasteiger partial charge on any atom is -0.00791 e. The Hall–Kier alpha value is -1.04. The zero-order valence-corrected chi connectivity index (χ0v) is 6.35. The van der Waals surface area contributed by atoms with E-state index in [1.807, 2.05) is 0 Å². The molecule has 0 heteroatoms. The van der Waals surface area contributed by atoms with Crippen molar-refractivity contribution in [2.45, 2.75) is 19.3 Å². The molecule has 11 heavy (non-hydrogen) atoms. The summed E-state index contributed by atoms with van der Waals surface area (Å²) in [6.07, 6.45) is 6.00. The van der Waals surface area contributed by atoms with E-state index in [9.17, 15) is 0 Å². The van der Waals surface area contributed by atoms with Crippen LogP contribution in [0.15, 0.2) is 18.2 Å². The maximum atomic E-state index is 3.31. The molecule has 0 saturated heterocycles. The van der Waals surface area contributed by atoms with Crippen LogP contribution in [0.25, 0.3) is 5.57 Å². The second kappa shape index (κ2) is 1.76. The fourth-order valence-electron chi connectivity index (χ4n) is 2.19. The first kappa shape index (κ1) is 5.59. The van der Waals surface area contributed by atoms with E-state index in [2.05, 4.69) is 24.3 Å². The van der Waals surface area contributed by atoms with Gasteiger partial charge in [0.1, 0.15) is 0 Å². The van der Waals surface area contributed by atoms with E-state index in [1.165, 1.54) is 24.0 Å². The topological polar surface area (TPSA) is 0 Å². The fourth-order valence-corrected chi connectivity index (χ4v) is 2.19. The highest BCUT2D eigenvalue weighted by Gasteiger charge is 2.22. The molecule has 0 spiro atoms. The first-order chi connectivity index (χ1) is 5.45. The van der Waals surface area contributed by atoms with Crippen LogP contribution in [-0.2, 0) is 12.8 Å². The van der Waals surface area contributed by atoms with Crippen molar-refractivity contribution in [3.8, 4) is 0 Å². The number of hydrogen-bond acceptors (Lipinski definition) is 0. The van der Waals surface area contributed by atoms with E-state index in [1.54, 1.807) is 11.1 Å². The Morgan fingerprint density at radius 2 is 2.27 bits per heavy atom. The molecule has 1 radical (unpaired) electrons. The summed E-state index contributed by atoms with van der Waals surface area (Å²) >= 11 is 0. The largest absolute Gasteiger partial charge is 0.0762 e. The van der Waals surface area contributed by atoms with Gasteiger partial charge in [-0.2, -0.15) is 0 Å². The summed E-state index contributed by atoms with van der Waals surface area (Å²) in [5.74, 6) is 0. The molecular weight excluding hydrogens is 132 g/mol. The molecule has 0 saturated carbocycles. The fraction of sp³-hybridized carbons (Fsp3) is 0.273. The summed E-state index contributed by atoms with van der Waals surface area (Å²) in [5.41, 5.74) is 6.08. The predicted molar refractivity (Wildman–Crippen MR) is 45.3 cm³/mol. The van der Waals surface area contributed by atoms with Gasteiger partial charge < -0.3 is 0 Å². The molecular formula is C11H9. The van der Waals surface area contributed by atoms with Crippen LogP contribution < -0.4 is 0 Å². The van der Waals surface area contributed by atoms with Gasteiger partial charge in [-0.3, -0.25) is 0 Å². The molecule has 0 aliphatic heterocycles. The summed E-state index contributed by atoms with van der Waals surface area (Å²) in [7, 11) is 0. The third-order valence-electron chi connectivity index (χ3n) is 2.70. The molecule has 1 aromatic carbocycles. The summed E-state index contributed by atoms with van der Waals surface area (Å²) in [5, 5.41) is 0. The van der Waals surface area contributed by atoms with Gasteiger partial charge in [-0.05, 0) is 47.6 Å². The van der Waals surface area contributed by atoms with Crippen LogP contribution in [0, 0.1) is 6.07 Å². The van der Waals surface area contributed by atoms with Crippen LogP contribution in [-0.4, -0.2) is 0 Å². The minimum Gasteiger partial charge on any atom is -0.0762 e. The molecule has 53 valence electrons. The average molecular weight is 141 g/mol. The molecule has 0 aromatic heterocycles. The van der Waals surface area contributed by atoms with Crippen LogP contribution in [0.5, 0.6) is 0 Å². The highest BCUT2D eigenvalue weighted by molar-refractivity contribution is 5.78. The van der Waals surface area contributed by atoms with Crippen molar-refractivity contribution in [3.05, 3.63) is 41.0 Å². The Balaban J connectivity index is 2.39. The summed E-state index contributed by atoms with van der Waals surface area (Å²) in [4.78, 5) is 0. The lowest BCUT2D eigenvalue weighted by Gasteiger charge is -1.99. The minimum absolute atomic E-state index is 1.12. The van der Waals surface area contributed by atoms with Crippen molar-refractivity contribution >= 4 is 5.57 Å². The third kappa shape index (κ3) is 0.597. The van der Waals surface area contributed by atoms with Gasteiger partial charge >= 0.3 is 0 Å². The van der Waals surface area contributed by atoms with Crippen LogP contribution in [0.1, 0.15) is 23.1 Å². The van der Waals surface area contributed by atoms with Gasteiger partial charge in [-0.25, -0.2) is 0 Å². The van der Waals surface area contributed by atoms with Crippen LogP contribution in [0.3, 0.4) is 0 Å². The van der Waals surface area contributed by atoms with Crippen molar-refractivity contribution in [1.82, 2.24) is 0 Å². The molecule has 0 nitrogen and oxygen atoms in total. The average Bonchev–Trinajstić information content (AvgIpc) is 2.60. The van der Waals surface area contributed by atoms with Crippen LogP contribution in [0.2, 0.25) is 0 Å². The van der Waals surface area contributed by atoms with Gasteiger partial charge in [0, 0.05) is 0 Å². The Labute approximate surface area is 66.6 Å². The second-order valence-corrected chi connectivity index (χ2v) is 3.29. The Kier molecular flexibility index (Phi) is 0.894. The van der Waals surface area contributed by atoms with Crippen molar-refractivity contribution in [2.75, 3.05) is 0 Å². The number of rotatable bonds is 0. The van der Waals surface area contributed by atoms with Crippen molar-refractivity contribution in [3.63, 3.8) is 0 Å². The van der Waals surface area contributed by atoms with E-state index in [0.29, 0.717) is 0 Å². The molecule has 0 atom stereocenters. The molecule has 0 heterocycles. The van der Waals surface area contributed by atoms with Gasteiger partial charge in [-0.15, -0.1) is 0 Å². The van der Waals surface area contributed by atoms with Crippen molar-refractivity contribution < 1.29 is 0 Å². The van der Waals surface area contributed by atoms with E-state index in [0.717, 1.165) is 6.42 Å². The zero-order valence-electron chi connectivity index (χ0n) is 6.35. The Morgan fingerprint density at radius 3 is 3.27 bits per heavy atom. The lowest BCUT2D eigenvalue weighted by molar-refractivity contribution is 1.07. The molecule has 0 bridgehead atoms. The number of allylic oxidation sites excluding steroid dienone is 2. The van der Waals surface area contributed by atoms with Crippen molar-refractivity contribution in [1.29, 1.82) is 0 Å². The molecule has 0 unspecified atom stereocenters. The monoisotopic (exact) mass is 141 g/mol. The summed E-state index contributed by atoms with van der Waals surface area (Å²) in [6.45, 7) is 0. The predicted octanol–water partition coefficient (Wildman–Crippen LogP) is 2.37. The first-order valence-electron chi connectivity index (χ1n) is 4.17. The summed E-state index contributed by atoms with van der Waals surface area (Å²) in [6, 6.07) is 7.59. The smallest absolute Gasteiger partial charge is 0.00791 e. The minimum atomic E-state index is 1.12. The summed E-state index contributed by atoms with van der Waals surface area (Å²) < 4.78 is 0. The van der Waals surface area contributed by atoms with E-state index in [-0.39, 0.29) is 0 Å². The third-order valence-corrected chi connectivity index (χ3v) is 2.70. The van der Waals surface area contributed by atoms with Gasteiger partial charge in [0.2, 0.25) is 0 Å². The van der Waals surface area contributed by atoms with Crippen molar-refractivity contribution in [2.24, 2.45) is 0 Å². The highest BCUT2D eigenvalue weighted by Crippen LogP contribution is 2.38. The number of aryl methyl sites for hydroxylation is 1. The van der Waals surface area contributed by atoms with Gasteiger partial charge in [-0.1, -0.05) is 18.2 Å². The van der Waals surface area contributed by atoms with Crippen LogP contribution >= 0.6 is 0 Å². The Morgan fingerprint density at radius 1 is 1.27 bits per heavy atom. The maximum absolute atomic E-state index is 3.31. The van der Waals surface area contributed by atoms with Gasteiger partial charge in [0.05, 0.1) is 0 Å². The highest BCUT2D eigenvalue weighted by atomic mass is 14.3. The Bertz CT molecular complexity index is 345.